The number of para-hydroxylation sites is 1. The summed E-state index contributed by atoms with van der Waals surface area (Å²) in [4.78, 5) is 49.5. The first kappa shape index (κ1) is 23.8. The Morgan fingerprint density at radius 1 is 1.08 bits per heavy atom. The molecule has 37 heavy (non-hydrogen) atoms. The summed E-state index contributed by atoms with van der Waals surface area (Å²) in [6.45, 7) is 1.31. The van der Waals surface area contributed by atoms with E-state index in [0.717, 1.165) is 11.9 Å². The van der Waals surface area contributed by atoms with E-state index < -0.39 is 23.5 Å². The van der Waals surface area contributed by atoms with Gasteiger partial charge < -0.3 is 19.7 Å². The van der Waals surface area contributed by atoms with Gasteiger partial charge in [-0.1, -0.05) is 23.3 Å². The van der Waals surface area contributed by atoms with E-state index in [9.17, 15) is 18.8 Å². The van der Waals surface area contributed by atoms with Gasteiger partial charge in [0.15, 0.2) is 11.6 Å². The number of anilines is 2. The summed E-state index contributed by atoms with van der Waals surface area (Å²) >= 11 is 0. The van der Waals surface area contributed by atoms with Gasteiger partial charge in [-0.2, -0.15) is 4.68 Å². The molecule has 0 radical (unpaired) electrons. The molecule has 1 aliphatic rings. The van der Waals surface area contributed by atoms with Crippen LogP contribution in [-0.2, 0) is 4.79 Å². The van der Waals surface area contributed by atoms with Crippen LogP contribution in [0.15, 0.2) is 42.7 Å². The molecule has 0 atom stereocenters. The zero-order valence-corrected chi connectivity index (χ0v) is 20.1. The number of ketones is 1. The predicted octanol–water partition coefficient (Wildman–Crippen LogP) is 1.30. The quantitative estimate of drug-likeness (QED) is 0.304. The van der Waals surface area contributed by atoms with E-state index in [2.05, 4.69) is 30.8 Å². The molecular weight excluding hydrogens is 483 g/mol. The Bertz CT molecular complexity index is 1470. The molecule has 1 saturated heterocycles. The van der Waals surface area contributed by atoms with Crippen LogP contribution < -0.4 is 10.2 Å². The second-order valence-corrected chi connectivity index (χ2v) is 8.57. The fourth-order valence-electron chi connectivity index (χ4n) is 4.08. The van der Waals surface area contributed by atoms with Gasteiger partial charge in [-0.25, -0.2) is 14.2 Å². The molecule has 3 amide bonds. The first-order valence-electron chi connectivity index (χ1n) is 11.4. The molecule has 0 bridgehead atoms. The first-order chi connectivity index (χ1) is 17.8. The third kappa shape index (κ3) is 4.44. The Morgan fingerprint density at radius 3 is 2.51 bits per heavy atom. The van der Waals surface area contributed by atoms with Gasteiger partial charge in [-0.05, 0) is 22.6 Å². The molecule has 0 saturated carbocycles. The van der Waals surface area contributed by atoms with Crippen molar-refractivity contribution >= 4 is 40.4 Å². The van der Waals surface area contributed by atoms with Crippen LogP contribution in [-0.4, -0.2) is 98.0 Å². The number of hydrogen-bond donors (Lipinski definition) is 2. The molecule has 3 aromatic heterocycles. The van der Waals surface area contributed by atoms with E-state index >= 15 is 0 Å². The monoisotopic (exact) mass is 506 g/mol. The smallest absolute Gasteiger partial charge is 0.322 e. The summed E-state index contributed by atoms with van der Waals surface area (Å²) in [5.74, 6) is -1.82. The van der Waals surface area contributed by atoms with E-state index in [1.165, 1.54) is 16.0 Å². The van der Waals surface area contributed by atoms with Crippen molar-refractivity contribution in [3.63, 3.8) is 0 Å². The summed E-state index contributed by atoms with van der Waals surface area (Å²) < 4.78 is 16.3. The van der Waals surface area contributed by atoms with Gasteiger partial charge in [0.2, 0.25) is 5.95 Å². The van der Waals surface area contributed by atoms with E-state index in [1.54, 1.807) is 18.8 Å². The fraction of sp³-hybridized carbons (Fsp3) is 0.261. The SMILES string of the molecule is CN(C)C(=O)Nc1ncc(F)c2c(C(=O)C(=O)N3CCN(c4nnnn4-c4ccccc4)CC3)c[nH]c12. The Kier molecular flexibility index (Phi) is 6.21. The molecule has 0 unspecified atom stereocenters. The van der Waals surface area contributed by atoms with E-state index in [-0.39, 0.29) is 35.4 Å². The van der Waals surface area contributed by atoms with Crippen LogP contribution in [0.1, 0.15) is 10.4 Å². The number of Topliss-reactive ketones (excluding diaryl/α,β-unsaturated/α-hetero) is 1. The molecule has 1 aliphatic heterocycles. The second-order valence-electron chi connectivity index (χ2n) is 8.57. The molecule has 4 aromatic rings. The molecule has 0 aliphatic carbocycles. The molecule has 5 rings (SSSR count). The second kappa shape index (κ2) is 9.64. The van der Waals surface area contributed by atoms with E-state index in [0.29, 0.717) is 19.0 Å². The van der Waals surface area contributed by atoms with Crippen LogP contribution in [0.25, 0.3) is 16.6 Å². The number of aromatic amines is 1. The number of fused-ring (bicyclic) bond motifs is 1. The molecular formula is C23H23FN10O3. The summed E-state index contributed by atoms with van der Waals surface area (Å²) in [5, 5.41) is 14.4. The predicted molar refractivity (Wildman–Crippen MR) is 131 cm³/mol. The van der Waals surface area contributed by atoms with Gasteiger partial charge >= 0.3 is 6.03 Å². The molecule has 2 N–H and O–H groups in total. The number of urea groups is 1. The Labute approximate surface area is 209 Å². The number of carbonyl (C=O) groups excluding carboxylic acids is 3. The fourth-order valence-corrected chi connectivity index (χ4v) is 4.08. The van der Waals surface area contributed by atoms with Crippen LogP contribution in [0.4, 0.5) is 21.0 Å². The minimum absolute atomic E-state index is 0.0475. The normalized spacial score (nSPS) is 13.6. The minimum atomic E-state index is -0.858. The zero-order chi connectivity index (χ0) is 26.1. The number of H-pyrrole nitrogens is 1. The number of hydrogen-bond acceptors (Lipinski definition) is 8. The largest absolute Gasteiger partial charge is 0.357 e. The lowest BCUT2D eigenvalue weighted by Crippen LogP contribution is -2.51. The maximum absolute atomic E-state index is 14.7. The molecule has 14 heteroatoms. The van der Waals surface area contributed by atoms with Crippen LogP contribution in [0, 0.1) is 5.82 Å². The number of benzene rings is 1. The number of pyridine rings is 1. The van der Waals surface area contributed by atoms with E-state index in [1.807, 2.05) is 35.2 Å². The average Bonchev–Trinajstić information content (AvgIpc) is 3.59. The highest BCUT2D eigenvalue weighted by molar-refractivity contribution is 6.45. The number of carbonyl (C=O) groups is 3. The molecule has 0 spiro atoms. The summed E-state index contributed by atoms with van der Waals surface area (Å²) in [7, 11) is 3.08. The lowest BCUT2D eigenvalue weighted by molar-refractivity contribution is -0.126. The van der Waals surface area contributed by atoms with Crippen molar-refractivity contribution in [1.29, 1.82) is 0 Å². The van der Waals surface area contributed by atoms with Crippen molar-refractivity contribution in [3.8, 4) is 5.69 Å². The minimum Gasteiger partial charge on any atom is -0.357 e. The van der Waals surface area contributed by atoms with E-state index in [4.69, 9.17) is 0 Å². The van der Waals surface area contributed by atoms with Crippen molar-refractivity contribution in [2.75, 3.05) is 50.5 Å². The Balaban J connectivity index is 1.31. The van der Waals surface area contributed by atoms with Crippen molar-refractivity contribution in [2.45, 2.75) is 0 Å². The Morgan fingerprint density at radius 2 is 1.81 bits per heavy atom. The highest BCUT2D eigenvalue weighted by Gasteiger charge is 2.31. The number of halogens is 1. The van der Waals surface area contributed by atoms with Crippen molar-refractivity contribution in [3.05, 3.63) is 54.1 Å². The van der Waals surface area contributed by atoms with Gasteiger partial charge in [-0.15, -0.1) is 0 Å². The van der Waals surface area contributed by atoms with Crippen LogP contribution in [0.3, 0.4) is 0 Å². The van der Waals surface area contributed by atoms with Gasteiger partial charge in [0.1, 0.15) is 0 Å². The average molecular weight is 507 g/mol. The third-order valence-electron chi connectivity index (χ3n) is 6.04. The Hall–Kier alpha value is -4.88. The molecule has 1 aromatic carbocycles. The highest BCUT2D eigenvalue weighted by Crippen LogP contribution is 2.27. The van der Waals surface area contributed by atoms with Crippen LogP contribution >= 0.6 is 0 Å². The number of piperazine rings is 1. The highest BCUT2D eigenvalue weighted by atomic mass is 19.1. The van der Waals surface area contributed by atoms with Gasteiger partial charge in [0, 0.05) is 46.5 Å². The summed E-state index contributed by atoms with van der Waals surface area (Å²) in [5.41, 5.74) is 0.785. The maximum Gasteiger partial charge on any atom is 0.322 e. The number of amides is 3. The number of rotatable bonds is 5. The third-order valence-corrected chi connectivity index (χ3v) is 6.04. The first-order valence-corrected chi connectivity index (χ1v) is 11.4. The standard InChI is InChI=1S/C23H23FN10O3/c1-31(2)23(37)27-20-18-17(16(24)13-26-20)15(12-25-18)19(35)21(36)32-8-10-33(11-9-32)22-28-29-30-34(22)14-6-4-3-5-7-14/h3-7,12-13,25H,8-11H2,1-2H3,(H,26,27,37). The lowest BCUT2D eigenvalue weighted by Gasteiger charge is -2.34. The zero-order valence-electron chi connectivity index (χ0n) is 20.1. The molecule has 190 valence electrons. The van der Waals surface area contributed by atoms with Crippen molar-refractivity contribution < 1.29 is 18.8 Å². The molecule has 4 heterocycles. The van der Waals surface area contributed by atoms with Crippen molar-refractivity contribution in [1.82, 2.24) is 40.0 Å². The van der Waals surface area contributed by atoms with Gasteiger partial charge in [0.05, 0.1) is 28.4 Å². The topological polar surface area (TPSA) is 145 Å². The van der Waals surface area contributed by atoms with Crippen molar-refractivity contribution in [2.24, 2.45) is 0 Å². The molecule has 13 nitrogen and oxygen atoms in total. The van der Waals surface area contributed by atoms with Crippen LogP contribution in [0.2, 0.25) is 0 Å². The number of nitrogens with zero attached hydrogens (tertiary/aromatic N) is 8. The van der Waals surface area contributed by atoms with Gasteiger partial charge in [0.25, 0.3) is 11.7 Å². The van der Waals surface area contributed by atoms with Gasteiger partial charge in [-0.3, -0.25) is 14.9 Å². The maximum atomic E-state index is 14.7. The number of tetrazole rings is 1. The van der Waals surface area contributed by atoms with Crippen LogP contribution in [0.5, 0.6) is 0 Å². The number of nitrogens with one attached hydrogen (secondary N) is 2. The lowest BCUT2D eigenvalue weighted by atomic mass is 10.1. The molecule has 1 fully saturated rings. The summed E-state index contributed by atoms with van der Waals surface area (Å²) in [6.07, 6.45) is 2.16. The summed E-state index contributed by atoms with van der Waals surface area (Å²) in [6, 6.07) is 8.94. The number of aromatic nitrogens is 6.